The number of hydrogen-bond donors (Lipinski definition) is 0. The molecule has 6 rings (SSSR count). The van der Waals surface area contributed by atoms with Gasteiger partial charge in [-0.05, 0) is 49.0 Å². The second-order valence-electron chi connectivity index (χ2n) is 10.5. The molecular weight excluding hydrogens is 376 g/mol. The fraction of sp³-hybridized carbons (Fsp3) is 0.625. The molecule has 1 amide bonds. The minimum atomic E-state index is 0.0890. The fourth-order valence-electron chi connectivity index (χ4n) is 6.81. The van der Waals surface area contributed by atoms with Crippen LogP contribution in [0.15, 0.2) is 23.0 Å². The van der Waals surface area contributed by atoms with Crippen molar-refractivity contribution in [1.29, 1.82) is 0 Å². The van der Waals surface area contributed by atoms with Gasteiger partial charge in [0.15, 0.2) is 0 Å². The summed E-state index contributed by atoms with van der Waals surface area (Å²) in [6.45, 7) is 9.77. The van der Waals surface area contributed by atoms with E-state index in [1.807, 2.05) is 15.5 Å². The van der Waals surface area contributed by atoms with E-state index in [-0.39, 0.29) is 17.4 Å². The average Bonchev–Trinajstić information content (AvgIpc) is 3.02. The van der Waals surface area contributed by atoms with E-state index in [9.17, 15) is 9.59 Å². The molecule has 158 valence electrons. The number of likely N-dealkylation sites (tertiary alicyclic amines) is 1. The predicted octanol–water partition coefficient (Wildman–Crippen LogP) is 2.68. The molecule has 2 unspecified atom stereocenters. The van der Waals surface area contributed by atoms with Crippen LogP contribution in [0, 0.1) is 24.2 Å². The molecule has 1 saturated carbocycles. The first-order chi connectivity index (χ1) is 14.3. The molecule has 4 aliphatic rings. The Kier molecular flexibility index (Phi) is 3.73. The maximum atomic E-state index is 13.1. The first-order valence-electron chi connectivity index (χ1n) is 11.4. The normalized spacial score (nSPS) is 29.9. The van der Waals surface area contributed by atoms with Gasteiger partial charge in [-0.25, -0.2) is 0 Å². The lowest BCUT2D eigenvalue weighted by Gasteiger charge is -2.42. The Hall–Kier alpha value is -2.37. The highest BCUT2D eigenvalue weighted by Gasteiger charge is 2.63. The molecule has 6 heteroatoms. The summed E-state index contributed by atoms with van der Waals surface area (Å²) in [6, 6.07) is 5.55. The minimum absolute atomic E-state index is 0.0890. The van der Waals surface area contributed by atoms with Crippen LogP contribution in [0.25, 0.3) is 0 Å². The van der Waals surface area contributed by atoms with Crippen LogP contribution in [-0.2, 0) is 24.3 Å². The molecule has 2 bridgehead atoms. The highest BCUT2D eigenvalue weighted by molar-refractivity contribution is 5.76. The molecule has 6 nitrogen and oxygen atoms in total. The van der Waals surface area contributed by atoms with Gasteiger partial charge in [-0.3, -0.25) is 14.3 Å². The van der Waals surface area contributed by atoms with Gasteiger partial charge in [0.05, 0.1) is 5.69 Å². The number of carbonyl (C=O) groups excluding carboxylic acids is 1. The summed E-state index contributed by atoms with van der Waals surface area (Å²) >= 11 is 0. The number of rotatable bonds is 3. The highest BCUT2D eigenvalue weighted by Crippen LogP contribution is 2.70. The predicted molar refractivity (Wildman–Crippen MR) is 113 cm³/mol. The molecule has 0 spiro atoms. The smallest absolute Gasteiger partial charge is 0.250 e. The molecule has 2 aliphatic heterocycles. The van der Waals surface area contributed by atoms with E-state index < -0.39 is 0 Å². The van der Waals surface area contributed by atoms with Crippen LogP contribution in [0.1, 0.15) is 61.2 Å². The van der Waals surface area contributed by atoms with Crippen LogP contribution < -0.4 is 5.56 Å². The van der Waals surface area contributed by atoms with Crippen molar-refractivity contribution < 1.29 is 4.79 Å². The number of carbonyl (C=O) groups is 1. The van der Waals surface area contributed by atoms with Crippen molar-refractivity contribution >= 4 is 5.91 Å². The Morgan fingerprint density at radius 2 is 2.07 bits per heavy atom. The third-order valence-corrected chi connectivity index (χ3v) is 8.43. The maximum Gasteiger partial charge on any atom is 0.250 e. The molecule has 0 radical (unpaired) electrons. The molecule has 1 saturated heterocycles. The van der Waals surface area contributed by atoms with E-state index in [1.165, 1.54) is 11.3 Å². The van der Waals surface area contributed by atoms with E-state index >= 15 is 0 Å². The van der Waals surface area contributed by atoms with Crippen molar-refractivity contribution in [1.82, 2.24) is 19.2 Å². The number of nitrogens with zero attached hydrogens (tertiary/aromatic N) is 4. The number of piperidine rings is 1. The number of aromatic nitrogens is 3. The third-order valence-electron chi connectivity index (χ3n) is 8.43. The van der Waals surface area contributed by atoms with Crippen molar-refractivity contribution in [2.45, 2.75) is 65.0 Å². The first-order valence-corrected chi connectivity index (χ1v) is 11.4. The number of pyridine rings is 1. The van der Waals surface area contributed by atoms with E-state index in [0.717, 1.165) is 49.8 Å². The Morgan fingerprint density at radius 1 is 1.23 bits per heavy atom. The molecule has 2 aromatic rings. The van der Waals surface area contributed by atoms with Crippen LogP contribution in [0.5, 0.6) is 0 Å². The second-order valence-corrected chi connectivity index (χ2v) is 10.5. The van der Waals surface area contributed by atoms with Crippen molar-refractivity contribution in [3.63, 3.8) is 0 Å². The van der Waals surface area contributed by atoms with Gasteiger partial charge in [0.2, 0.25) is 5.91 Å². The zero-order chi connectivity index (χ0) is 20.8. The lowest BCUT2D eigenvalue weighted by molar-refractivity contribution is -0.134. The van der Waals surface area contributed by atoms with Gasteiger partial charge in [0, 0.05) is 61.5 Å². The molecular formula is C24H30N4O2. The summed E-state index contributed by atoms with van der Waals surface area (Å²) in [5.41, 5.74) is 5.60. The van der Waals surface area contributed by atoms with Crippen molar-refractivity contribution in [3.05, 3.63) is 51.2 Å². The molecule has 30 heavy (non-hydrogen) atoms. The van der Waals surface area contributed by atoms with Gasteiger partial charge >= 0.3 is 0 Å². The van der Waals surface area contributed by atoms with Crippen molar-refractivity contribution in [2.24, 2.45) is 17.3 Å². The van der Waals surface area contributed by atoms with Gasteiger partial charge in [0.1, 0.15) is 0 Å². The maximum absolute atomic E-state index is 13.1. The number of amides is 1. The Bertz CT molecular complexity index is 1110. The van der Waals surface area contributed by atoms with E-state index in [0.29, 0.717) is 30.2 Å². The average molecular weight is 407 g/mol. The molecule has 2 aliphatic carbocycles. The van der Waals surface area contributed by atoms with Gasteiger partial charge in [0.25, 0.3) is 5.56 Å². The fourth-order valence-corrected chi connectivity index (χ4v) is 6.81. The monoisotopic (exact) mass is 406 g/mol. The molecule has 2 aromatic heterocycles. The highest BCUT2D eigenvalue weighted by atomic mass is 16.2. The number of fused-ring (bicyclic) bond motifs is 7. The van der Waals surface area contributed by atoms with Gasteiger partial charge < -0.3 is 9.47 Å². The minimum Gasteiger partial charge on any atom is -0.342 e. The van der Waals surface area contributed by atoms with Crippen LogP contribution in [0.2, 0.25) is 0 Å². The Balaban J connectivity index is 1.15. The lowest BCUT2D eigenvalue weighted by Crippen LogP contribution is -2.49. The molecule has 4 atom stereocenters. The summed E-state index contributed by atoms with van der Waals surface area (Å²) in [5, 5.41) is 4.80. The van der Waals surface area contributed by atoms with Gasteiger partial charge in [-0.15, -0.1) is 0 Å². The molecule has 0 N–H and O–H groups in total. The topological polar surface area (TPSA) is 60.1 Å². The summed E-state index contributed by atoms with van der Waals surface area (Å²) in [6.07, 6.45) is 2.70. The lowest BCUT2D eigenvalue weighted by atomic mass is 9.83. The summed E-state index contributed by atoms with van der Waals surface area (Å²) < 4.78 is 4.04. The number of aryl methyl sites for hydroxylation is 2. The second kappa shape index (κ2) is 6.08. The summed E-state index contributed by atoms with van der Waals surface area (Å²) in [7, 11) is 0. The third kappa shape index (κ3) is 2.51. The van der Waals surface area contributed by atoms with E-state index in [2.05, 4.69) is 31.5 Å². The Morgan fingerprint density at radius 3 is 2.90 bits per heavy atom. The summed E-state index contributed by atoms with van der Waals surface area (Å²) in [5.74, 6) is 2.31. The van der Waals surface area contributed by atoms with Gasteiger partial charge in [-0.1, -0.05) is 19.9 Å². The summed E-state index contributed by atoms with van der Waals surface area (Å²) in [4.78, 5) is 27.3. The van der Waals surface area contributed by atoms with Crippen LogP contribution in [-0.4, -0.2) is 38.2 Å². The van der Waals surface area contributed by atoms with Crippen molar-refractivity contribution in [3.8, 4) is 0 Å². The van der Waals surface area contributed by atoms with Crippen LogP contribution in [0.3, 0.4) is 0 Å². The largest absolute Gasteiger partial charge is 0.342 e. The standard InChI is InChI=1S/C24H30N4O2/c1-14-22-19(10-17-23(22)24(17,2)3)28(25-14)8-7-20(29)26-11-15-9-16(13-26)18-5-4-6-21(30)27(18)12-15/h4-6,15-17,23H,7-13H2,1-3H3/t15?,16?,17-,23-/m1/s1. The first kappa shape index (κ1) is 18.4. The molecule has 2 fully saturated rings. The quantitative estimate of drug-likeness (QED) is 0.787. The van der Waals surface area contributed by atoms with Gasteiger partial charge in [-0.2, -0.15) is 5.10 Å². The van der Waals surface area contributed by atoms with Crippen LogP contribution >= 0.6 is 0 Å². The van der Waals surface area contributed by atoms with Crippen molar-refractivity contribution in [2.75, 3.05) is 13.1 Å². The van der Waals surface area contributed by atoms with Crippen LogP contribution in [0.4, 0.5) is 0 Å². The number of hydrogen-bond acceptors (Lipinski definition) is 3. The van der Waals surface area contributed by atoms with E-state index in [4.69, 9.17) is 5.10 Å². The zero-order valence-corrected chi connectivity index (χ0v) is 18.1. The Labute approximate surface area is 176 Å². The molecule has 4 heterocycles. The van der Waals surface area contributed by atoms with E-state index in [1.54, 1.807) is 6.07 Å². The SMILES string of the molecule is Cc1nn(CCC(=O)N2CC3CC(C2)c2cccc(=O)n2C3)c2c1[C@H]1[C@@H](C2)C1(C)C. The zero-order valence-electron chi connectivity index (χ0n) is 18.1. The molecule has 0 aromatic carbocycles.